The highest BCUT2D eigenvalue weighted by atomic mass is 19.4. The molecule has 0 spiro atoms. The third-order valence-electron chi connectivity index (χ3n) is 8.37. The van der Waals surface area contributed by atoms with E-state index in [1.165, 1.54) is 23.0 Å². The second-order valence-electron chi connectivity index (χ2n) is 11.7. The lowest BCUT2D eigenvalue weighted by molar-refractivity contribution is -0.660. The quantitative estimate of drug-likeness (QED) is 0.154. The SMILES string of the molecule is [2H]C([2H])(c1ccc(-c2cc[n+](C)c(-c3c(C)ccc4c3oc3cc5c(ccc6ccccc65)cc34)c2)cn1)C(C)(C)C(F)(F)F. The van der Waals surface area contributed by atoms with Gasteiger partial charge in [0.25, 0.3) is 0 Å². The normalized spacial score (nSPS) is 13.7. The molecule has 0 bridgehead atoms. The van der Waals surface area contributed by atoms with Crippen LogP contribution < -0.4 is 4.57 Å². The molecular weight excluding hydrogens is 545 g/mol. The Morgan fingerprint density at radius 1 is 0.814 bits per heavy atom. The molecule has 0 radical (unpaired) electrons. The van der Waals surface area contributed by atoms with Crippen molar-refractivity contribution in [2.24, 2.45) is 12.5 Å². The van der Waals surface area contributed by atoms with Crippen LogP contribution in [-0.2, 0) is 13.4 Å². The van der Waals surface area contributed by atoms with Gasteiger partial charge in [0.1, 0.15) is 18.2 Å². The minimum absolute atomic E-state index is 0.265. The van der Waals surface area contributed by atoms with Crippen LogP contribution in [0.15, 0.2) is 102 Å². The molecule has 43 heavy (non-hydrogen) atoms. The van der Waals surface area contributed by atoms with E-state index in [-0.39, 0.29) is 5.69 Å². The molecule has 0 amide bonds. The molecule has 4 aromatic carbocycles. The van der Waals surface area contributed by atoms with E-state index >= 15 is 0 Å². The summed E-state index contributed by atoms with van der Waals surface area (Å²) in [4.78, 5) is 4.18. The van der Waals surface area contributed by atoms with E-state index in [1.807, 2.05) is 49.0 Å². The summed E-state index contributed by atoms with van der Waals surface area (Å²) in [5.41, 5.74) is 3.00. The van der Waals surface area contributed by atoms with Crippen molar-refractivity contribution in [2.45, 2.75) is 33.3 Å². The number of hydrogen-bond donors (Lipinski definition) is 0. The molecule has 0 saturated carbocycles. The van der Waals surface area contributed by atoms with Gasteiger partial charge in [-0.25, -0.2) is 4.57 Å². The predicted molar refractivity (Wildman–Crippen MR) is 167 cm³/mol. The Morgan fingerprint density at radius 2 is 1.60 bits per heavy atom. The van der Waals surface area contributed by atoms with Gasteiger partial charge in [-0.15, -0.1) is 0 Å². The number of furan rings is 1. The summed E-state index contributed by atoms with van der Waals surface area (Å²) in [6.07, 6.45) is -4.10. The average molecular weight is 578 g/mol. The molecule has 0 N–H and O–H groups in total. The number of aryl methyl sites for hydroxylation is 2. The van der Waals surface area contributed by atoms with Crippen LogP contribution in [0.4, 0.5) is 13.2 Å². The van der Waals surface area contributed by atoms with Crippen LogP contribution in [0.2, 0.25) is 0 Å². The second-order valence-corrected chi connectivity index (χ2v) is 11.7. The molecule has 214 valence electrons. The number of rotatable bonds is 4. The summed E-state index contributed by atoms with van der Waals surface area (Å²) in [5.74, 6) is 0. The van der Waals surface area contributed by atoms with Crippen LogP contribution in [0.5, 0.6) is 0 Å². The minimum atomic E-state index is -4.74. The fourth-order valence-corrected chi connectivity index (χ4v) is 5.78. The van der Waals surface area contributed by atoms with Gasteiger partial charge in [-0.2, -0.15) is 13.2 Å². The molecule has 0 unspecified atom stereocenters. The fraction of sp³-hybridized carbons (Fsp3) is 0.189. The monoisotopic (exact) mass is 577 g/mol. The summed E-state index contributed by atoms with van der Waals surface area (Å²) in [7, 11) is 1.95. The Hall–Kier alpha value is -4.71. The summed E-state index contributed by atoms with van der Waals surface area (Å²) < 4.78 is 66.2. The van der Waals surface area contributed by atoms with E-state index in [0.29, 0.717) is 5.56 Å². The van der Waals surface area contributed by atoms with Gasteiger partial charge in [0.15, 0.2) is 6.20 Å². The van der Waals surface area contributed by atoms with E-state index in [1.54, 1.807) is 6.07 Å². The van der Waals surface area contributed by atoms with E-state index in [9.17, 15) is 13.2 Å². The van der Waals surface area contributed by atoms with Crippen molar-refractivity contribution in [3.63, 3.8) is 0 Å². The number of nitrogens with zero attached hydrogens (tertiary/aromatic N) is 2. The highest BCUT2D eigenvalue weighted by molar-refractivity contribution is 6.17. The molecule has 3 aromatic heterocycles. The number of hydrogen-bond acceptors (Lipinski definition) is 2. The first-order valence-electron chi connectivity index (χ1n) is 15.1. The summed E-state index contributed by atoms with van der Waals surface area (Å²) >= 11 is 0. The van der Waals surface area contributed by atoms with Crippen molar-refractivity contribution in [3.8, 4) is 22.4 Å². The van der Waals surface area contributed by atoms with Crippen molar-refractivity contribution >= 4 is 43.5 Å². The van der Waals surface area contributed by atoms with Crippen LogP contribution in [0.1, 0.15) is 27.8 Å². The first-order valence-corrected chi connectivity index (χ1v) is 14.1. The van der Waals surface area contributed by atoms with E-state index in [2.05, 4.69) is 53.5 Å². The van der Waals surface area contributed by atoms with Gasteiger partial charge in [0.05, 0.1) is 11.0 Å². The van der Waals surface area contributed by atoms with Gasteiger partial charge >= 0.3 is 6.18 Å². The molecule has 0 aliphatic heterocycles. The molecule has 0 saturated heterocycles. The first-order chi connectivity index (χ1) is 21.3. The van der Waals surface area contributed by atoms with Gasteiger partial charge < -0.3 is 4.42 Å². The minimum Gasteiger partial charge on any atom is -0.455 e. The lowest BCUT2D eigenvalue weighted by Crippen LogP contribution is -2.34. The number of halogens is 3. The lowest BCUT2D eigenvalue weighted by Gasteiger charge is -2.27. The topological polar surface area (TPSA) is 29.9 Å². The smallest absolute Gasteiger partial charge is 0.394 e. The number of alkyl halides is 3. The predicted octanol–water partition coefficient (Wildman–Crippen LogP) is 9.89. The zero-order valence-electron chi connectivity index (χ0n) is 26.2. The average Bonchev–Trinajstić information content (AvgIpc) is 3.37. The third-order valence-corrected chi connectivity index (χ3v) is 8.37. The van der Waals surface area contributed by atoms with E-state index in [0.717, 1.165) is 68.9 Å². The van der Waals surface area contributed by atoms with Crippen molar-refractivity contribution in [1.82, 2.24) is 4.98 Å². The Balaban J connectivity index is 1.35. The van der Waals surface area contributed by atoms with Crippen LogP contribution in [0.25, 0.3) is 65.9 Å². The molecule has 7 rings (SSSR count). The number of fused-ring (bicyclic) bond motifs is 6. The highest BCUT2D eigenvalue weighted by Gasteiger charge is 2.47. The van der Waals surface area contributed by atoms with E-state index < -0.39 is 18.0 Å². The Bertz CT molecular complexity index is 2290. The Kier molecular flexibility index (Phi) is 5.58. The van der Waals surface area contributed by atoms with Crippen LogP contribution in [-0.4, -0.2) is 11.2 Å². The standard InChI is InChI=1S/C37H30F3N2O/c1-22-9-14-29-31-17-25-11-10-23-7-5-6-8-28(23)30(25)19-33(31)43-35(29)34(22)32-18-24(15-16-42(32)4)26-12-13-27(41-21-26)20-36(2,3)37(38,39)40/h5-19,21H,20H2,1-4H3/q+1/i20D2. The molecule has 6 heteroatoms. The van der Waals surface area contributed by atoms with Crippen LogP contribution >= 0.6 is 0 Å². The second kappa shape index (κ2) is 9.66. The number of aromatic nitrogens is 2. The van der Waals surface area contributed by atoms with Crippen molar-refractivity contribution in [1.29, 1.82) is 0 Å². The first kappa shape index (κ1) is 24.8. The van der Waals surface area contributed by atoms with Gasteiger partial charge in [0, 0.05) is 49.5 Å². The van der Waals surface area contributed by atoms with Crippen LogP contribution in [0, 0.1) is 12.3 Å². The van der Waals surface area contributed by atoms with E-state index in [4.69, 9.17) is 7.16 Å². The highest BCUT2D eigenvalue weighted by Crippen LogP contribution is 2.41. The molecule has 7 aromatic rings. The molecule has 0 aliphatic rings. The zero-order valence-corrected chi connectivity index (χ0v) is 24.2. The molecule has 3 nitrogen and oxygen atoms in total. The van der Waals surface area contributed by atoms with Crippen molar-refractivity contribution in [2.75, 3.05) is 0 Å². The number of benzene rings is 4. The van der Waals surface area contributed by atoms with Crippen molar-refractivity contribution in [3.05, 3.63) is 109 Å². The van der Waals surface area contributed by atoms with Gasteiger partial charge in [-0.05, 0) is 57.8 Å². The molecular formula is C37H30F3N2O+. The maximum Gasteiger partial charge on any atom is 0.394 e. The van der Waals surface area contributed by atoms with Crippen molar-refractivity contribution < 1.29 is 24.9 Å². The number of pyridine rings is 2. The van der Waals surface area contributed by atoms with Gasteiger partial charge in [0.2, 0.25) is 5.69 Å². The molecule has 0 aliphatic carbocycles. The lowest BCUT2D eigenvalue weighted by atomic mass is 9.87. The fourth-order valence-electron chi connectivity index (χ4n) is 5.78. The summed E-state index contributed by atoms with van der Waals surface area (Å²) in [6.45, 7) is 3.76. The zero-order chi connectivity index (χ0) is 31.9. The molecule has 3 heterocycles. The largest absolute Gasteiger partial charge is 0.455 e. The van der Waals surface area contributed by atoms with Crippen LogP contribution in [0.3, 0.4) is 0 Å². The third kappa shape index (κ3) is 4.53. The maximum atomic E-state index is 13.7. The Morgan fingerprint density at radius 3 is 2.37 bits per heavy atom. The Labute approximate surface area is 250 Å². The molecule has 0 fully saturated rings. The summed E-state index contributed by atoms with van der Waals surface area (Å²) in [6, 6.07) is 27.9. The summed E-state index contributed by atoms with van der Waals surface area (Å²) in [5, 5.41) is 6.64. The molecule has 0 atom stereocenters. The van der Waals surface area contributed by atoms with Gasteiger partial charge in [-0.1, -0.05) is 68.4 Å². The van der Waals surface area contributed by atoms with Gasteiger partial charge in [-0.3, -0.25) is 4.98 Å². The maximum absolute atomic E-state index is 13.7.